The monoisotopic (exact) mass is 408 g/mol. The third-order valence-electron chi connectivity index (χ3n) is 5.56. The summed E-state index contributed by atoms with van der Waals surface area (Å²) < 4.78 is 0. The summed E-state index contributed by atoms with van der Waals surface area (Å²) in [7, 11) is 0. The number of carbonyl (C=O) groups excluding carboxylic acids is 1. The molecule has 3 N–H and O–H groups in total. The van der Waals surface area contributed by atoms with Gasteiger partial charge in [0.2, 0.25) is 0 Å². The van der Waals surface area contributed by atoms with Gasteiger partial charge in [-0.25, -0.2) is 0 Å². The number of fused-ring (bicyclic) bond motifs is 1. The number of nitrogens with one attached hydrogen (secondary N) is 3. The molecular formula is C20H16N4O4S. The summed E-state index contributed by atoms with van der Waals surface area (Å²) in [5, 5.41) is 21.7. The van der Waals surface area contributed by atoms with Crippen molar-refractivity contribution in [3.63, 3.8) is 0 Å². The number of hydrogen-bond donors (Lipinski definition) is 3. The van der Waals surface area contributed by atoms with E-state index in [1.54, 1.807) is 23.5 Å². The minimum Gasteiger partial charge on any atom is -0.343 e. The van der Waals surface area contributed by atoms with E-state index in [1.165, 1.54) is 12.1 Å². The summed E-state index contributed by atoms with van der Waals surface area (Å²) in [6.07, 6.45) is 1.04. The number of rotatable bonds is 3. The Balaban J connectivity index is 1.63. The number of H-pyrrole nitrogens is 2. The van der Waals surface area contributed by atoms with Crippen molar-refractivity contribution in [2.75, 3.05) is 5.32 Å². The van der Waals surface area contributed by atoms with Crippen LogP contribution in [0.3, 0.4) is 0 Å². The van der Waals surface area contributed by atoms with Gasteiger partial charge >= 0.3 is 0 Å². The molecule has 0 fully saturated rings. The average molecular weight is 408 g/mol. The summed E-state index contributed by atoms with van der Waals surface area (Å²) >= 11 is 1.63. The highest BCUT2D eigenvalue weighted by atomic mass is 32.1. The van der Waals surface area contributed by atoms with Crippen LogP contribution in [0.5, 0.6) is 0 Å². The molecule has 0 bridgehead atoms. The minimum absolute atomic E-state index is 0.00764. The van der Waals surface area contributed by atoms with Crippen LogP contribution in [0.25, 0.3) is 0 Å². The van der Waals surface area contributed by atoms with Crippen molar-refractivity contribution in [2.24, 2.45) is 0 Å². The molecule has 1 aromatic carbocycles. The molecule has 29 heavy (non-hydrogen) atoms. The molecule has 1 aliphatic carbocycles. The highest BCUT2D eigenvalue weighted by Crippen LogP contribution is 2.47. The SMILES string of the molecule is O=C1C[C@H](c2cccs2)CC2=C1[C@@H](c1ccc([N+](=O)[O-])cc1)c1c([nH][nH]c1=O)N2. The largest absolute Gasteiger partial charge is 0.343 e. The van der Waals surface area contributed by atoms with Crippen LogP contribution < -0.4 is 10.9 Å². The van der Waals surface area contributed by atoms with E-state index in [1.807, 2.05) is 17.5 Å². The quantitative estimate of drug-likeness (QED) is 0.451. The van der Waals surface area contributed by atoms with Crippen molar-refractivity contribution in [3.05, 3.63) is 89.5 Å². The third-order valence-corrected chi connectivity index (χ3v) is 6.59. The van der Waals surface area contributed by atoms with Crippen LogP contribution in [0.1, 0.15) is 40.7 Å². The molecule has 3 heterocycles. The number of allylic oxidation sites excluding steroid dienone is 2. The van der Waals surface area contributed by atoms with Gasteiger partial charge in [0, 0.05) is 46.5 Å². The number of aromatic amines is 2. The first-order valence-electron chi connectivity index (χ1n) is 9.14. The smallest absolute Gasteiger partial charge is 0.270 e. The summed E-state index contributed by atoms with van der Waals surface area (Å²) in [4.78, 5) is 37.4. The molecule has 146 valence electrons. The highest BCUT2D eigenvalue weighted by Gasteiger charge is 2.40. The molecule has 8 nitrogen and oxygen atoms in total. The number of anilines is 1. The first-order chi connectivity index (χ1) is 14.0. The third kappa shape index (κ3) is 2.82. The van der Waals surface area contributed by atoms with E-state index in [4.69, 9.17) is 0 Å². The number of aromatic nitrogens is 2. The van der Waals surface area contributed by atoms with E-state index < -0.39 is 10.8 Å². The van der Waals surface area contributed by atoms with Crippen molar-refractivity contribution in [1.29, 1.82) is 0 Å². The van der Waals surface area contributed by atoms with Gasteiger partial charge in [-0.3, -0.25) is 29.9 Å². The van der Waals surface area contributed by atoms with Gasteiger partial charge in [0.25, 0.3) is 11.2 Å². The number of nitro groups is 1. The van der Waals surface area contributed by atoms with E-state index in [0.29, 0.717) is 35.4 Å². The van der Waals surface area contributed by atoms with Gasteiger partial charge in [-0.1, -0.05) is 18.2 Å². The maximum atomic E-state index is 13.2. The molecule has 0 radical (unpaired) electrons. The number of benzene rings is 1. The van der Waals surface area contributed by atoms with E-state index in [2.05, 4.69) is 15.5 Å². The molecule has 0 amide bonds. The molecule has 2 aliphatic rings. The average Bonchev–Trinajstić information content (AvgIpc) is 3.37. The molecule has 5 rings (SSSR count). The van der Waals surface area contributed by atoms with Gasteiger partial charge < -0.3 is 5.32 Å². The summed E-state index contributed by atoms with van der Waals surface area (Å²) in [6, 6.07) is 10.1. The van der Waals surface area contributed by atoms with Crippen LogP contribution >= 0.6 is 11.3 Å². The van der Waals surface area contributed by atoms with Crippen molar-refractivity contribution in [2.45, 2.75) is 24.7 Å². The first kappa shape index (κ1) is 17.6. The van der Waals surface area contributed by atoms with Crippen LogP contribution in [0.15, 0.2) is 57.8 Å². The number of ketones is 1. The minimum atomic E-state index is -0.561. The fourth-order valence-corrected chi connectivity index (χ4v) is 5.10. The standard InChI is InChI=1S/C20H16N4O4S/c25-14-9-11(15-2-1-7-29-15)8-13-17(14)16(18-19(21-13)22-23-20(18)26)10-3-5-12(6-4-10)24(27)28/h1-7,11,16H,8-9H2,(H3,21,22,23,26)/t11-,16-/m1/s1. The van der Waals surface area contributed by atoms with Crippen LogP contribution in [0.2, 0.25) is 0 Å². The lowest BCUT2D eigenvalue weighted by molar-refractivity contribution is -0.384. The summed E-state index contributed by atoms with van der Waals surface area (Å²) in [6.45, 7) is 0. The molecule has 3 aromatic rings. The normalized spacial score (nSPS) is 20.8. The number of nitro benzene ring substituents is 1. The molecule has 0 saturated carbocycles. The lowest BCUT2D eigenvalue weighted by Crippen LogP contribution is -2.31. The van der Waals surface area contributed by atoms with Crippen molar-refractivity contribution in [3.8, 4) is 0 Å². The molecule has 0 spiro atoms. The maximum absolute atomic E-state index is 13.2. The number of hydrogen-bond acceptors (Lipinski definition) is 6. The highest BCUT2D eigenvalue weighted by molar-refractivity contribution is 7.10. The Labute approximate surface area is 168 Å². The Morgan fingerprint density at radius 1 is 1.07 bits per heavy atom. The van der Waals surface area contributed by atoms with Crippen LogP contribution in [-0.4, -0.2) is 20.9 Å². The summed E-state index contributed by atoms with van der Waals surface area (Å²) in [5.41, 5.74) is 2.14. The molecule has 2 atom stereocenters. The Morgan fingerprint density at radius 2 is 1.86 bits per heavy atom. The molecule has 0 unspecified atom stereocenters. The number of carbonyl (C=O) groups is 1. The van der Waals surface area contributed by atoms with Crippen LogP contribution in [-0.2, 0) is 4.79 Å². The fourth-order valence-electron chi connectivity index (χ4n) is 4.27. The fraction of sp³-hybridized carbons (Fsp3) is 0.200. The number of nitrogens with zero attached hydrogens (tertiary/aromatic N) is 1. The van der Waals surface area contributed by atoms with E-state index in [9.17, 15) is 19.7 Å². The van der Waals surface area contributed by atoms with E-state index in [-0.39, 0.29) is 22.9 Å². The van der Waals surface area contributed by atoms with Crippen molar-refractivity contribution in [1.82, 2.24) is 10.2 Å². The van der Waals surface area contributed by atoms with Crippen molar-refractivity contribution >= 4 is 28.6 Å². The molecular weight excluding hydrogens is 392 g/mol. The zero-order valence-electron chi connectivity index (χ0n) is 15.1. The Kier molecular flexibility index (Phi) is 3.99. The maximum Gasteiger partial charge on any atom is 0.270 e. The number of thiophene rings is 1. The predicted octanol–water partition coefficient (Wildman–Crippen LogP) is 3.63. The van der Waals surface area contributed by atoms with Gasteiger partial charge in [-0.15, -0.1) is 11.3 Å². The zero-order chi connectivity index (χ0) is 20.1. The lowest BCUT2D eigenvalue weighted by atomic mass is 9.74. The first-order valence-corrected chi connectivity index (χ1v) is 10.0. The molecule has 1 aliphatic heterocycles. The second-order valence-electron chi connectivity index (χ2n) is 7.21. The van der Waals surface area contributed by atoms with Crippen molar-refractivity contribution < 1.29 is 9.72 Å². The van der Waals surface area contributed by atoms with Gasteiger partial charge in [0.1, 0.15) is 5.82 Å². The molecule has 9 heteroatoms. The number of non-ortho nitro benzene ring substituents is 1. The van der Waals surface area contributed by atoms with E-state index in [0.717, 1.165) is 10.6 Å². The predicted molar refractivity (Wildman–Crippen MR) is 108 cm³/mol. The second kappa shape index (κ2) is 6.56. The van der Waals surface area contributed by atoms with Gasteiger partial charge in [0.05, 0.1) is 10.5 Å². The summed E-state index contributed by atoms with van der Waals surface area (Å²) in [5.74, 6) is 0.0656. The topological polar surface area (TPSA) is 121 Å². The van der Waals surface area contributed by atoms with Crippen LogP contribution in [0.4, 0.5) is 11.5 Å². The molecule has 2 aromatic heterocycles. The second-order valence-corrected chi connectivity index (χ2v) is 8.19. The van der Waals surface area contributed by atoms with Gasteiger partial charge in [-0.05, 0) is 23.4 Å². The Morgan fingerprint density at radius 3 is 2.55 bits per heavy atom. The zero-order valence-corrected chi connectivity index (χ0v) is 15.9. The Hall–Kier alpha value is -3.46. The number of Topliss-reactive ketones (excluding diaryl/α,β-unsaturated/α-hetero) is 1. The van der Waals surface area contributed by atoms with Crippen LogP contribution in [0, 0.1) is 10.1 Å². The lowest BCUT2D eigenvalue weighted by Gasteiger charge is -2.34. The Bertz CT molecular complexity index is 1200. The van der Waals surface area contributed by atoms with Gasteiger partial charge in [0.15, 0.2) is 5.78 Å². The van der Waals surface area contributed by atoms with Gasteiger partial charge in [-0.2, -0.15) is 0 Å². The molecule has 0 saturated heterocycles. The van der Waals surface area contributed by atoms with E-state index >= 15 is 0 Å².